The summed E-state index contributed by atoms with van der Waals surface area (Å²) in [5, 5.41) is 0. The van der Waals surface area contributed by atoms with Crippen molar-refractivity contribution in [1.29, 1.82) is 0 Å². The van der Waals surface area contributed by atoms with Gasteiger partial charge in [-0.1, -0.05) is 60.7 Å². The molecule has 36 heavy (non-hydrogen) atoms. The second kappa shape index (κ2) is 12.5. The maximum Gasteiger partial charge on any atom is 0.311 e. The van der Waals surface area contributed by atoms with Crippen LogP contribution in [0.4, 0.5) is 0 Å². The number of ether oxygens (including phenoxy) is 2. The average Bonchev–Trinajstić information content (AvgIpc) is 3.47. The molecule has 4 rings (SSSR count). The molecular formula is C30H42N2O4. The summed E-state index contributed by atoms with van der Waals surface area (Å²) in [4.78, 5) is 25.9. The van der Waals surface area contributed by atoms with Crippen LogP contribution in [0, 0.1) is 10.8 Å². The molecule has 2 fully saturated rings. The highest BCUT2D eigenvalue weighted by Crippen LogP contribution is 2.42. The quantitative estimate of drug-likeness (QED) is 0.540. The van der Waals surface area contributed by atoms with E-state index in [0.717, 1.165) is 51.6 Å². The number of hydrogen-bond acceptors (Lipinski definition) is 6. The number of benzene rings is 2. The van der Waals surface area contributed by atoms with Crippen molar-refractivity contribution < 1.29 is 19.1 Å². The van der Waals surface area contributed by atoms with Crippen molar-refractivity contribution >= 4 is 11.9 Å². The molecule has 2 aromatic carbocycles. The number of carbonyl (C=O) groups excluding carboxylic acids is 2. The van der Waals surface area contributed by atoms with Crippen LogP contribution in [0.15, 0.2) is 60.7 Å². The zero-order valence-corrected chi connectivity index (χ0v) is 22.2. The molecule has 0 aliphatic heterocycles. The third-order valence-corrected chi connectivity index (χ3v) is 7.82. The molecule has 2 aliphatic carbocycles. The SMILES string of the molecule is COC(=O)C1(C)CC[C@H](N(Cc2ccccc2)Cc2ccccc2)C1.COC(=O)C1(C)CC[C@H](N)C1. The summed E-state index contributed by atoms with van der Waals surface area (Å²) in [7, 11) is 2.92. The van der Waals surface area contributed by atoms with Crippen LogP contribution < -0.4 is 5.73 Å². The van der Waals surface area contributed by atoms with Gasteiger partial charge in [0.25, 0.3) is 0 Å². The fourth-order valence-corrected chi connectivity index (χ4v) is 5.62. The second-order valence-corrected chi connectivity index (χ2v) is 10.9. The van der Waals surface area contributed by atoms with Crippen LogP contribution in [0.2, 0.25) is 0 Å². The van der Waals surface area contributed by atoms with Crippen LogP contribution in [-0.4, -0.2) is 43.1 Å². The molecule has 0 saturated heterocycles. The van der Waals surface area contributed by atoms with Crippen LogP contribution in [0.3, 0.4) is 0 Å². The second-order valence-electron chi connectivity index (χ2n) is 10.9. The fraction of sp³-hybridized carbons (Fsp3) is 0.533. The number of rotatable bonds is 7. The molecule has 0 spiro atoms. The molecule has 6 heteroatoms. The monoisotopic (exact) mass is 494 g/mol. The number of nitrogens with zero attached hydrogens (tertiary/aromatic N) is 1. The number of esters is 2. The summed E-state index contributed by atoms with van der Waals surface area (Å²) in [5.41, 5.74) is 7.65. The highest BCUT2D eigenvalue weighted by atomic mass is 16.5. The number of hydrogen-bond donors (Lipinski definition) is 1. The Balaban J connectivity index is 0.000000275. The highest BCUT2D eigenvalue weighted by Gasteiger charge is 2.44. The minimum atomic E-state index is -0.356. The summed E-state index contributed by atoms with van der Waals surface area (Å²) in [6.45, 7) is 5.77. The molecule has 4 atom stereocenters. The van der Waals surface area contributed by atoms with Gasteiger partial charge in [0.05, 0.1) is 25.0 Å². The molecule has 2 N–H and O–H groups in total. The molecule has 0 aromatic heterocycles. The summed E-state index contributed by atoms with van der Waals surface area (Å²) >= 11 is 0. The minimum Gasteiger partial charge on any atom is -0.469 e. The van der Waals surface area contributed by atoms with Gasteiger partial charge in [-0.15, -0.1) is 0 Å². The van der Waals surface area contributed by atoms with E-state index in [1.807, 2.05) is 13.8 Å². The van der Waals surface area contributed by atoms with E-state index in [1.165, 1.54) is 25.3 Å². The molecular weight excluding hydrogens is 452 g/mol. The average molecular weight is 495 g/mol. The normalized spacial score (nSPS) is 27.3. The van der Waals surface area contributed by atoms with Gasteiger partial charge in [-0.25, -0.2) is 0 Å². The minimum absolute atomic E-state index is 0.0747. The topological polar surface area (TPSA) is 81.9 Å². The molecule has 6 nitrogen and oxygen atoms in total. The standard InChI is InChI=1S/C22H27NO2.C8H15NO2/c1-22(21(24)25-2)14-13-20(15-22)23(16-18-9-5-3-6-10-18)17-19-11-7-4-8-12-19;1-8(7(10)11-2)4-3-6(9)5-8/h3-12,20H,13-17H2,1-2H3;6H,3-5,9H2,1-2H3/t20-,22?;6-,8?/m00/s1. The summed E-state index contributed by atoms with van der Waals surface area (Å²) < 4.78 is 9.74. The van der Waals surface area contributed by atoms with E-state index in [9.17, 15) is 9.59 Å². The predicted molar refractivity (Wildman–Crippen MR) is 142 cm³/mol. The smallest absolute Gasteiger partial charge is 0.311 e. The van der Waals surface area contributed by atoms with Crippen molar-refractivity contribution in [1.82, 2.24) is 4.90 Å². The Hall–Kier alpha value is -2.70. The van der Waals surface area contributed by atoms with Crippen molar-refractivity contribution in [3.8, 4) is 0 Å². The van der Waals surface area contributed by atoms with Gasteiger partial charge in [-0.05, 0) is 63.5 Å². The Bertz CT molecular complexity index is 941. The lowest BCUT2D eigenvalue weighted by Gasteiger charge is -2.30. The first-order valence-electron chi connectivity index (χ1n) is 12.9. The molecule has 0 heterocycles. The van der Waals surface area contributed by atoms with Crippen molar-refractivity contribution in [2.24, 2.45) is 16.6 Å². The first kappa shape index (κ1) is 27.9. The van der Waals surface area contributed by atoms with Crippen molar-refractivity contribution in [2.75, 3.05) is 14.2 Å². The summed E-state index contributed by atoms with van der Waals surface area (Å²) in [6, 6.07) is 21.7. The molecule has 2 unspecified atom stereocenters. The predicted octanol–water partition coefficient (Wildman–Crippen LogP) is 5.10. The third kappa shape index (κ3) is 7.17. The van der Waals surface area contributed by atoms with Crippen molar-refractivity contribution in [2.45, 2.75) is 77.5 Å². The van der Waals surface area contributed by atoms with Crippen LogP contribution in [0.1, 0.15) is 63.5 Å². The largest absolute Gasteiger partial charge is 0.469 e. The van der Waals surface area contributed by atoms with Crippen molar-refractivity contribution in [3.05, 3.63) is 71.8 Å². The van der Waals surface area contributed by atoms with Crippen LogP contribution in [-0.2, 0) is 32.2 Å². The third-order valence-electron chi connectivity index (χ3n) is 7.82. The number of methoxy groups -OCH3 is 2. The molecule has 0 bridgehead atoms. The maximum absolute atomic E-state index is 12.2. The van der Waals surface area contributed by atoms with Gasteiger partial charge in [0, 0.05) is 25.2 Å². The molecule has 0 radical (unpaired) electrons. The number of carbonyl (C=O) groups is 2. The fourth-order valence-electron chi connectivity index (χ4n) is 5.62. The Morgan fingerprint density at radius 1 is 0.806 bits per heavy atom. The Morgan fingerprint density at radius 3 is 1.67 bits per heavy atom. The van der Waals surface area contributed by atoms with E-state index in [1.54, 1.807) is 0 Å². The van der Waals surface area contributed by atoms with Gasteiger partial charge in [0.2, 0.25) is 0 Å². The van der Waals surface area contributed by atoms with Gasteiger partial charge in [0.15, 0.2) is 0 Å². The zero-order chi connectivity index (χ0) is 26.2. The van der Waals surface area contributed by atoms with Gasteiger partial charge < -0.3 is 15.2 Å². The van der Waals surface area contributed by atoms with Crippen LogP contribution >= 0.6 is 0 Å². The molecule has 0 amide bonds. The van der Waals surface area contributed by atoms with E-state index in [2.05, 4.69) is 65.6 Å². The van der Waals surface area contributed by atoms with Gasteiger partial charge in [-0.3, -0.25) is 14.5 Å². The van der Waals surface area contributed by atoms with Crippen molar-refractivity contribution in [3.63, 3.8) is 0 Å². The first-order chi connectivity index (χ1) is 17.2. The van der Waals surface area contributed by atoms with Gasteiger partial charge in [-0.2, -0.15) is 0 Å². The molecule has 2 aliphatic rings. The lowest BCUT2D eigenvalue weighted by Crippen LogP contribution is -2.35. The lowest BCUT2D eigenvalue weighted by molar-refractivity contribution is -0.152. The lowest BCUT2D eigenvalue weighted by atomic mass is 9.88. The van der Waals surface area contributed by atoms with E-state index in [4.69, 9.17) is 15.2 Å². The number of nitrogens with two attached hydrogens (primary N) is 1. The Kier molecular flexibility index (Phi) is 9.69. The molecule has 2 aromatic rings. The van der Waals surface area contributed by atoms with E-state index < -0.39 is 0 Å². The summed E-state index contributed by atoms with van der Waals surface area (Å²) in [5.74, 6) is -0.195. The van der Waals surface area contributed by atoms with E-state index >= 15 is 0 Å². The van der Waals surface area contributed by atoms with E-state index in [0.29, 0.717) is 6.04 Å². The maximum atomic E-state index is 12.2. The Morgan fingerprint density at radius 2 is 1.25 bits per heavy atom. The Labute approximate surface area is 216 Å². The zero-order valence-electron chi connectivity index (χ0n) is 22.2. The molecule has 2 saturated carbocycles. The van der Waals surface area contributed by atoms with Gasteiger partial charge in [0.1, 0.15) is 0 Å². The van der Waals surface area contributed by atoms with Crippen LogP contribution in [0.5, 0.6) is 0 Å². The highest BCUT2D eigenvalue weighted by molar-refractivity contribution is 5.77. The molecule has 196 valence electrons. The first-order valence-corrected chi connectivity index (χ1v) is 12.9. The van der Waals surface area contributed by atoms with Gasteiger partial charge >= 0.3 is 11.9 Å². The van der Waals surface area contributed by atoms with E-state index in [-0.39, 0.29) is 28.8 Å². The summed E-state index contributed by atoms with van der Waals surface area (Å²) in [6.07, 6.45) is 5.35. The van der Waals surface area contributed by atoms with Crippen LogP contribution in [0.25, 0.3) is 0 Å².